The second-order valence-electron chi connectivity index (χ2n) is 14.4. The number of fused-ring (bicyclic) bond motifs is 9. The van der Waals surface area contributed by atoms with Crippen molar-refractivity contribution in [3.63, 3.8) is 0 Å². The van der Waals surface area contributed by atoms with E-state index in [0.29, 0.717) is 17.5 Å². The van der Waals surface area contributed by atoms with Gasteiger partial charge in [0.25, 0.3) is 0 Å². The number of rotatable bonds is 5. The van der Waals surface area contributed by atoms with E-state index < -0.39 is 0 Å². The molecule has 0 radical (unpaired) electrons. The molecule has 0 N–H and O–H groups in total. The second kappa shape index (κ2) is 12.6. The molecule has 6 heteroatoms. The molecule has 0 saturated carbocycles. The van der Waals surface area contributed by atoms with Crippen LogP contribution in [0.3, 0.4) is 0 Å². The van der Waals surface area contributed by atoms with Crippen LogP contribution in [0.5, 0.6) is 0 Å². The summed E-state index contributed by atoms with van der Waals surface area (Å²) in [6.07, 6.45) is 0. The summed E-state index contributed by atoms with van der Waals surface area (Å²) in [6.45, 7) is 0. The summed E-state index contributed by atoms with van der Waals surface area (Å²) in [5.74, 6) is 1.85. The van der Waals surface area contributed by atoms with Crippen LogP contribution in [0.15, 0.2) is 185 Å². The topological polar surface area (TPSA) is 65.0 Å². The minimum absolute atomic E-state index is 0.591. The van der Waals surface area contributed by atoms with Crippen LogP contribution in [-0.4, -0.2) is 15.0 Å². The Balaban J connectivity index is 0.928. The fraction of sp³-hybridized carbons (Fsp3) is 0. The Morgan fingerprint density at radius 2 is 0.737 bits per heavy atom. The number of benzene rings is 8. The summed E-state index contributed by atoms with van der Waals surface area (Å²) in [7, 11) is 0. The largest absolute Gasteiger partial charge is 0.456 e. The summed E-state index contributed by atoms with van der Waals surface area (Å²) in [5, 5.41) is 6.80. The van der Waals surface area contributed by atoms with Gasteiger partial charge in [-0.1, -0.05) is 115 Å². The summed E-state index contributed by atoms with van der Waals surface area (Å²) < 4.78 is 15.4. The van der Waals surface area contributed by atoms with Gasteiger partial charge < -0.3 is 8.83 Å². The van der Waals surface area contributed by atoms with Gasteiger partial charge in [-0.3, -0.25) is 0 Å². The van der Waals surface area contributed by atoms with Crippen molar-refractivity contribution in [2.45, 2.75) is 0 Å². The SMILES string of the molecule is c1ccc(-c2ccc3c(c2)oc2cc(-c4ccc5oc6cc(-c7nc(-c8ccccc8)nc(-c8ccc9c(c8)sc8ccccc89)n7)ccc6c5c4)ccc23)cc1. The molecule has 0 bridgehead atoms. The third kappa shape index (κ3) is 5.34. The molecule has 0 aliphatic rings. The fourth-order valence-corrected chi connectivity index (χ4v) is 9.22. The third-order valence-electron chi connectivity index (χ3n) is 10.9. The highest BCUT2D eigenvalue weighted by atomic mass is 32.1. The van der Waals surface area contributed by atoms with Gasteiger partial charge in [0.1, 0.15) is 22.3 Å². The van der Waals surface area contributed by atoms with Crippen LogP contribution >= 0.6 is 11.3 Å². The summed E-state index contributed by atoms with van der Waals surface area (Å²) in [5.41, 5.74) is 10.6. The molecule has 5 nitrogen and oxygen atoms in total. The van der Waals surface area contributed by atoms with Crippen LogP contribution in [0.25, 0.3) is 120 Å². The van der Waals surface area contributed by atoms with E-state index in [0.717, 1.165) is 77.3 Å². The maximum Gasteiger partial charge on any atom is 0.164 e. The van der Waals surface area contributed by atoms with Crippen molar-refractivity contribution in [1.29, 1.82) is 0 Å². The molecule has 0 aliphatic heterocycles. The number of thiophene rings is 1. The van der Waals surface area contributed by atoms with E-state index in [1.807, 2.05) is 42.5 Å². The molecule has 0 fully saturated rings. The molecule has 0 amide bonds. The predicted octanol–water partition coefficient (Wildman–Crippen LogP) is 14.4. The van der Waals surface area contributed by atoms with Gasteiger partial charge in [-0.05, 0) is 82.9 Å². The molecule has 4 heterocycles. The van der Waals surface area contributed by atoms with Gasteiger partial charge in [-0.25, -0.2) is 15.0 Å². The van der Waals surface area contributed by atoms with Crippen molar-refractivity contribution >= 4 is 75.4 Å². The third-order valence-corrected chi connectivity index (χ3v) is 12.1. The molecule has 12 rings (SSSR count). The van der Waals surface area contributed by atoms with Crippen LogP contribution in [0.2, 0.25) is 0 Å². The number of hydrogen-bond donors (Lipinski definition) is 0. The smallest absolute Gasteiger partial charge is 0.164 e. The summed E-state index contributed by atoms with van der Waals surface area (Å²) in [6, 6.07) is 61.0. The predicted molar refractivity (Wildman–Crippen MR) is 234 cm³/mol. The Morgan fingerprint density at radius 1 is 0.281 bits per heavy atom. The van der Waals surface area contributed by atoms with E-state index in [2.05, 4.69) is 133 Å². The lowest BCUT2D eigenvalue weighted by Crippen LogP contribution is -2.00. The molecule has 57 heavy (non-hydrogen) atoms. The Labute approximate surface area is 330 Å². The summed E-state index contributed by atoms with van der Waals surface area (Å²) >= 11 is 1.79. The van der Waals surface area contributed by atoms with E-state index in [9.17, 15) is 0 Å². The molecule has 0 saturated heterocycles. The average molecular weight is 748 g/mol. The minimum Gasteiger partial charge on any atom is -0.456 e. The van der Waals surface area contributed by atoms with Crippen molar-refractivity contribution in [1.82, 2.24) is 15.0 Å². The zero-order valence-corrected chi connectivity index (χ0v) is 31.1. The fourth-order valence-electron chi connectivity index (χ4n) is 8.08. The lowest BCUT2D eigenvalue weighted by molar-refractivity contribution is 0.669. The van der Waals surface area contributed by atoms with Crippen LogP contribution in [0.1, 0.15) is 0 Å². The van der Waals surface area contributed by atoms with Crippen LogP contribution in [0.4, 0.5) is 0 Å². The lowest BCUT2D eigenvalue weighted by atomic mass is 10.0. The lowest BCUT2D eigenvalue weighted by Gasteiger charge is -2.08. The van der Waals surface area contributed by atoms with E-state index in [4.69, 9.17) is 23.8 Å². The van der Waals surface area contributed by atoms with Crippen LogP contribution < -0.4 is 0 Å². The van der Waals surface area contributed by atoms with Gasteiger partial charge >= 0.3 is 0 Å². The second-order valence-corrected chi connectivity index (χ2v) is 15.5. The first kappa shape index (κ1) is 31.9. The van der Waals surface area contributed by atoms with Gasteiger partial charge in [-0.2, -0.15) is 0 Å². The first-order chi connectivity index (χ1) is 28.2. The Bertz CT molecular complexity index is 3530. The number of nitrogens with zero attached hydrogens (tertiary/aromatic N) is 3. The van der Waals surface area contributed by atoms with E-state index in [-0.39, 0.29) is 0 Å². The van der Waals surface area contributed by atoms with Gasteiger partial charge in [0.05, 0.1) is 0 Å². The Hall–Kier alpha value is -7.41. The molecular weight excluding hydrogens is 719 g/mol. The van der Waals surface area contributed by atoms with Gasteiger partial charge in [0.15, 0.2) is 17.5 Å². The number of furan rings is 2. The highest BCUT2D eigenvalue weighted by molar-refractivity contribution is 7.25. The van der Waals surface area contributed by atoms with Gasteiger partial charge in [0.2, 0.25) is 0 Å². The van der Waals surface area contributed by atoms with E-state index in [1.165, 1.54) is 25.7 Å². The molecule has 0 spiro atoms. The Morgan fingerprint density at radius 3 is 1.44 bits per heavy atom. The molecule has 12 aromatic rings. The average Bonchev–Trinajstić information content (AvgIpc) is 3.96. The highest BCUT2D eigenvalue weighted by Gasteiger charge is 2.17. The molecule has 0 unspecified atom stereocenters. The first-order valence-corrected chi connectivity index (χ1v) is 19.7. The zero-order valence-electron chi connectivity index (χ0n) is 30.3. The maximum atomic E-state index is 6.48. The quantitative estimate of drug-likeness (QED) is 0.175. The van der Waals surface area contributed by atoms with Crippen LogP contribution in [-0.2, 0) is 0 Å². The Kier molecular flexibility index (Phi) is 7.03. The van der Waals surface area contributed by atoms with Gasteiger partial charge in [0, 0.05) is 58.4 Å². The van der Waals surface area contributed by atoms with E-state index >= 15 is 0 Å². The summed E-state index contributed by atoms with van der Waals surface area (Å²) in [4.78, 5) is 15.1. The zero-order chi connectivity index (χ0) is 37.5. The van der Waals surface area contributed by atoms with Crippen molar-refractivity contribution < 1.29 is 8.83 Å². The van der Waals surface area contributed by atoms with E-state index in [1.54, 1.807) is 11.3 Å². The minimum atomic E-state index is 0.591. The van der Waals surface area contributed by atoms with Gasteiger partial charge in [-0.15, -0.1) is 11.3 Å². The first-order valence-electron chi connectivity index (χ1n) is 18.9. The molecule has 4 aromatic heterocycles. The van der Waals surface area contributed by atoms with Crippen molar-refractivity contribution in [2.24, 2.45) is 0 Å². The van der Waals surface area contributed by atoms with Crippen molar-refractivity contribution in [2.75, 3.05) is 0 Å². The molecule has 266 valence electrons. The normalized spacial score (nSPS) is 11.9. The van der Waals surface area contributed by atoms with Crippen LogP contribution in [0, 0.1) is 0 Å². The number of aromatic nitrogens is 3. The monoisotopic (exact) mass is 747 g/mol. The maximum absolute atomic E-state index is 6.48. The highest BCUT2D eigenvalue weighted by Crippen LogP contribution is 2.39. The standard InChI is InChI=1S/C51H29N3O2S/c1-3-9-30(10-4-1)33-15-20-37-38-21-16-34(27-45(38)56-44(37)26-33)32-19-24-43-42(25-32)39-22-17-35(28-46(39)55-43)50-52-49(31-11-5-2-6-12-31)53-51(54-50)36-18-23-41-40-13-7-8-14-47(40)57-48(41)29-36/h1-29H. The molecule has 0 atom stereocenters. The number of hydrogen-bond acceptors (Lipinski definition) is 6. The molecule has 8 aromatic carbocycles. The molecule has 0 aliphatic carbocycles. The van der Waals surface area contributed by atoms with Crippen molar-refractivity contribution in [3.05, 3.63) is 176 Å². The van der Waals surface area contributed by atoms with Crippen molar-refractivity contribution in [3.8, 4) is 56.4 Å². The molecular formula is C51H29N3O2S.